The summed E-state index contributed by atoms with van der Waals surface area (Å²) in [5.41, 5.74) is 1.25. The van der Waals surface area contributed by atoms with Crippen LogP contribution in [0.4, 0.5) is 16.2 Å². The van der Waals surface area contributed by atoms with Crippen molar-refractivity contribution >= 4 is 29.3 Å². The zero-order valence-corrected chi connectivity index (χ0v) is 15.0. The summed E-state index contributed by atoms with van der Waals surface area (Å²) in [7, 11) is 1.42. The van der Waals surface area contributed by atoms with Crippen molar-refractivity contribution in [2.75, 3.05) is 31.0 Å². The number of nitrogens with one attached hydrogen (secondary N) is 2. The van der Waals surface area contributed by atoms with Crippen molar-refractivity contribution in [1.29, 1.82) is 0 Å². The molecule has 0 saturated heterocycles. The highest BCUT2D eigenvalue weighted by Crippen LogP contribution is 2.22. The number of rotatable bonds is 7. The fourth-order valence-corrected chi connectivity index (χ4v) is 2.13. The van der Waals surface area contributed by atoms with Gasteiger partial charge in [0.2, 0.25) is 5.91 Å². The normalized spacial score (nSPS) is 10.0. The Morgan fingerprint density at radius 2 is 1.56 bits per heavy atom. The quantitative estimate of drug-likeness (QED) is 0.572. The Kier molecular flexibility index (Phi) is 7.33. The lowest BCUT2D eigenvalue weighted by molar-refractivity contribution is -0.119. The van der Waals surface area contributed by atoms with Crippen LogP contribution in [0.5, 0.6) is 5.75 Å². The molecule has 2 amide bonds. The number of amides is 2. The summed E-state index contributed by atoms with van der Waals surface area (Å²) in [5.74, 6) is -0.456. The maximum absolute atomic E-state index is 12.4. The molecule has 0 bridgehead atoms. The third-order valence-electron chi connectivity index (χ3n) is 3.30. The monoisotopic (exact) mass is 372 g/mol. The topological polar surface area (TPSA) is 103 Å². The molecule has 0 aliphatic heterocycles. The van der Waals surface area contributed by atoms with Gasteiger partial charge in [0, 0.05) is 12.7 Å². The van der Waals surface area contributed by atoms with Gasteiger partial charge in [-0.2, -0.15) is 0 Å². The molecular formula is C19H20N2O6. The molecule has 0 atom stereocenters. The number of benzene rings is 2. The Hall–Kier alpha value is -3.39. The molecule has 8 heteroatoms. The first-order valence-electron chi connectivity index (χ1n) is 8.17. The Morgan fingerprint density at radius 1 is 0.926 bits per heavy atom. The van der Waals surface area contributed by atoms with Crippen molar-refractivity contribution in [3.8, 4) is 5.75 Å². The van der Waals surface area contributed by atoms with Crippen LogP contribution in [0.25, 0.3) is 0 Å². The summed E-state index contributed by atoms with van der Waals surface area (Å²) in [6.45, 7) is 1.79. The third-order valence-corrected chi connectivity index (χ3v) is 3.30. The van der Waals surface area contributed by atoms with Gasteiger partial charge in [-0.1, -0.05) is 12.1 Å². The van der Waals surface area contributed by atoms with Gasteiger partial charge in [-0.25, -0.2) is 4.79 Å². The summed E-state index contributed by atoms with van der Waals surface area (Å²) in [5, 5.41) is 5.39. The molecule has 2 N–H and O–H groups in total. The average Bonchev–Trinajstić information content (AvgIpc) is 2.64. The minimum atomic E-state index is -0.810. The number of anilines is 2. The Labute approximate surface area is 156 Å². The van der Waals surface area contributed by atoms with E-state index >= 15 is 0 Å². The lowest BCUT2D eigenvalue weighted by Crippen LogP contribution is -2.19. The van der Waals surface area contributed by atoms with Crippen LogP contribution in [-0.2, 0) is 14.3 Å². The molecule has 2 rings (SSSR count). The average molecular weight is 372 g/mol. The molecule has 0 aliphatic carbocycles. The van der Waals surface area contributed by atoms with Gasteiger partial charge in [-0.15, -0.1) is 0 Å². The summed E-state index contributed by atoms with van der Waals surface area (Å²) in [4.78, 5) is 35.4. The van der Waals surface area contributed by atoms with Crippen molar-refractivity contribution in [1.82, 2.24) is 0 Å². The molecule has 0 heterocycles. The lowest BCUT2D eigenvalue weighted by atomic mass is 10.2. The molecule has 142 valence electrons. The fourth-order valence-electron chi connectivity index (χ4n) is 2.13. The SMILES string of the molecule is CCOC(=O)Oc1ccc(C(=O)Nc2ccccc2NC(=O)COC)cc1. The minimum Gasteiger partial charge on any atom is -0.434 e. The van der Waals surface area contributed by atoms with E-state index in [0.29, 0.717) is 16.9 Å². The number of carbonyl (C=O) groups is 3. The molecule has 0 radical (unpaired) electrons. The van der Waals surface area contributed by atoms with Crippen LogP contribution in [0.15, 0.2) is 48.5 Å². The van der Waals surface area contributed by atoms with E-state index in [0.717, 1.165) is 0 Å². The Balaban J connectivity index is 2.05. The predicted molar refractivity (Wildman–Crippen MR) is 99.0 cm³/mol. The first kappa shape index (κ1) is 19.9. The highest BCUT2D eigenvalue weighted by Gasteiger charge is 2.12. The second kappa shape index (κ2) is 9.93. The van der Waals surface area contributed by atoms with Crippen molar-refractivity contribution in [3.63, 3.8) is 0 Å². The number of ether oxygens (including phenoxy) is 3. The Bertz CT molecular complexity index is 804. The molecular weight excluding hydrogens is 352 g/mol. The van der Waals surface area contributed by atoms with Crippen molar-refractivity contribution in [2.45, 2.75) is 6.92 Å². The smallest absolute Gasteiger partial charge is 0.434 e. The largest absolute Gasteiger partial charge is 0.513 e. The van der Waals surface area contributed by atoms with E-state index < -0.39 is 6.16 Å². The molecule has 2 aromatic carbocycles. The van der Waals surface area contributed by atoms with Gasteiger partial charge in [-0.3, -0.25) is 9.59 Å². The van der Waals surface area contributed by atoms with E-state index in [9.17, 15) is 14.4 Å². The number of hydrogen-bond acceptors (Lipinski definition) is 6. The number of para-hydroxylation sites is 2. The van der Waals surface area contributed by atoms with Crippen LogP contribution in [0.2, 0.25) is 0 Å². The minimum absolute atomic E-state index is 0.0930. The molecule has 8 nitrogen and oxygen atoms in total. The van der Waals surface area contributed by atoms with Crippen LogP contribution in [-0.4, -0.2) is 38.3 Å². The molecule has 0 fully saturated rings. The highest BCUT2D eigenvalue weighted by atomic mass is 16.7. The molecule has 2 aromatic rings. The maximum Gasteiger partial charge on any atom is 0.513 e. The first-order valence-corrected chi connectivity index (χ1v) is 8.17. The molecule has 0 saturated carbocycles. The number of methoxy groups -OCH3 is 1. The predicted octanol–water partition coefficient (Wildman–Crippen LogP) is 3.06. The van der Waals surface area contributed by atoms with E-state index in [1.807, 2.05) is 0 Å². The van der Waals surface area contributed by atoms with Crippen molar-refractivity contribution < 1.29 is 28.6 Å². The Morgan fingerprint density at radius 3 is 2.15 bits per heavy atom. The van der Waals surface area contributed by atoms with Gasteiger partial charge < -0.3 is 24.8 Å². The summed E-state index contributed by atoms with van der Waals surface area (Å²) < 4.78 is 14.4. The maximum atomic E-state index is 12.4. The van der Waals surface area contributed by atoms with Gasteiger partial charge in [0.05, 0.1) is 18.0 Å². The summed E-state index contributed by atoms with van der Waals surface area (Å²) >= 11 is 0. The zero-order valence-electron chi connectivity index (χ0n) is 15.0. The number of carbonyl (C=O) groups excluding carboxylic acids is 3. The second-order valence-electron chi connectivity index (χ2n) is 5.29. The third kappa shape index (κ3) is 6.12. The molecule has 0 aliphatic rings. The van der Waals surface area contributed by atoms with Gasteiger partial charge in [0.1, 0.15) is 12.4 Å². The standard InChI is InChI=1S/C19H20N2O6/c1-3-26-19(24)27-14-10-8-13(9-11-14)18(23)21-16-7-5-4-6-15(16)20-17(22)12-25-2/h4-11H,3,12H2,1-2H3,(H,20,22)(H,21,23). The van der Waals surface area contributed by atoms with Gasteiger partial charge >= 0.3 is 6.16 Å². The van der Waals surface area contributed by atoms with Crippen LogP contribution in [0.3, 0.4) is 0 Å². The lowest BCUT2D eigenvalue weighted by Gasteiger charge is -2.12. The van der Waals surface area contributed by atoms with E-state index in [1.165, 1.54) is 31.4 Å². The van der Waals surface area contributed by atoms with Crippen LogP contribution < -0.4 is 15.4 Å². The van der Waals surface area contributed by atoms with Crippen molar-refractivity contribution in [2.24, 2.45) is 0 Å². The summed E-state index contributed by atoms with van der Waals surface area (Å²) in [6, 6.07) is 12.8. The van der Waals surface area contributed by atoms with Crippen LogP contribution in [0, 0.1) is 0 Å². The first-order chi connectivity index (χ1) is 13.0. The van der Waals surface area contributed by atoms with Gasteiger partial charge in [-0.05, 0) is 43.3 Å². The highest BCUT2D eigenvalue weighted by molar-refractivity contribution is 6.07. The number of hydrogen-bond donors (Lipinski definition) is 2. The van der Waals surface area contributed by atoms with Crippen LogP contribution in [0.1, 0.15) is 17.3 Å². The molecule has 0 spiro atoms. The summed E-state index contributed by atoms with van der Waals surface area (Å²) in [6.07, 6.45) is -0.810. The molecule has 0 unspecified atom stereocenters. The molecule has 27 heavy (non-hydrogen) atoms. The van der Waals surface area contributed by atoms with E-state index in [2.05, 4.69) is 15.4 Å². The fraction of sp³-hybridized carbons (Fsp3) is 0.211. The second-order valence-corrected chi connectivity index (χ2v) is 5.29. The van der Waals surface area contributed by atoms with Gasteiger partial charge in [0.25, 0.3) is 5.91 Å². The van der Waals surface area contributed by atoms with Gasteiger partial charge in [0.15, 0.2) is 0 Å². The molecule has 0 aromatic heterocycles. The van der Waals surface area contributed by atoms with E-state index in [4.69, 9.17) is 9.47 Å². The van der Waals surface area contributed by atoms with E-state index in [-0.39, 0.29) is 30.8 Å². The van der Waals surface area contributed by atoms with Crippen LogP contribution >= 0.6 is 0 Å². The zero-order chi connectivity index (χ0) is 19.6. The van der Waals surface area contributed by atoms with E-state index in [1.54, 1.807) is 31.2 Å². The van der Waals surface area contributed by atoms with Crippen molar-refractivity contribution in [3.05, 3.63) is 54.1 Å².